The van der Waals surface area contributed by atoms with Crippen LogP contribution in [0.4, 0.5) is 0 Å². The molecule has 116 valence electrons. The smallest absolute Gasteiger partial charge is 0.240 e. The van der Waals surface area contributed by atoms with Gasteiger partial charge in [-0.1, -0.05) is 0 Å². The first kappa shape index (κ1) is 14.5. The van der Waals surface area contributed by atoms with Crippen LogP contribution in [0.3, 0.4) is 0 Å². The van der Waals surface area contributed by atoms with Crippen molar-refractivity contribution in [1.82, 2.24) is 20.2 Å². The van der Waals surface area contributed by atoms with Crippen molar-refractivity contribution in [3.05, 3.63) is 17.7 Å². The highest BCUT2D eigenvalue weighted by atomic mass is 16.5. The summed E-state index contributed by atoms with van der Waals surface area (Å²) in [6.07, 6.45) is 4.84. The molecule has 0 aromatic carbocycles. The van der Waals surface area contributed by atoms with Crippen LogP contribution in [0.2, 0.25) is 0 Å². The molecule has 2 atom stereocenters. The number of hydrogen-bond acceptors (Lipinski definition) is 4. The van der Waals surface area contributed by atoms with Crippen LogP contribution < -0.4 is 5.32 Å². The van der Waals surface area contributed by atoms with Crippen LogP contribution in [-0.2, 0) is 22.5 Å². The van der Waals surface area contributed by atoms with Crippen molar-refractivity contribution < 1.29 is 9.53 Å². The molecule has 1 aliphatic carbocycles. The van der Waals surface area contributed by atoms with Gasteiger partial charge in [0.25, 0.3) is 0 Å². The van der Waals surface area contributed by atoms with Gasteiger partial charge in [0, 0.05) is 32.7 Å². The van der Waals surface area contributed by atoms with Gasteiger partial charge >= 0.3 is 0 Å². The van der Waals surface area contributed by atoms with Gasteiger partial charge in [0.15, 0.2) is 0 Å². The Balaban J connectivity index is 1.68. The molecule has 0 spiro atoms. The Kier molecular flexibility index (Phi) is 4.26. The summed E-state index contributed by atoms with van der Waals surface area (Å²) in [4.78, 5) is 22.3. The van der Waals surface area contributed by atoms with E-state index in [-0.39, 0.29) is 11.9 Å². The first-order valence-electron chi connectivity index (χ1n) is 7.74. The van der Waals surface area contributed by atoms with Crippen molar-refractivity contribution in [2.75, 3.05) is 20.3 Å². The molecular weight excluding hydrogens is 268 g/mol. The molecule has 2 unspecified atom stereocenters. The molecule has 0 saturated heterocycles. The van der Waals surface area contributed by atoms with Crippen LogP contribution >= 0.6 is 0 Å². The summed E-state index contributed by atoms with van der Waals surface area (Å²) in [5, 5.41) is 3.33. The zero-order valence-corrected chi connectivity index (χ0v) is 12.8. The third kappa shape index (κ3) is 3.11. The van der Waals surface area contributed by atoms with Crippen LogP contribution in [0.1, 0.15) is 31.2 Å². The molecule has 6 nitrogen and oxygen atoms in total. The summed E-state index contributed by atoms with van der Waals surface area (Å²) in [6.45, 7) is 4.09. The number of carbonyl (C=O) groups excluding carboxylic acids is 1. The number of carbonyl (C=O) groups is 1. The maximum atomic E-state index is 12.9. The summed E-state index contributed by atoms with van der Waals surface area (Å²) < 4.78 is 5.17. The highest BCUT2D eigenvalue weighted by Gasteiger charge is 2.37. The number of H-pyrrole nitrogens is 1. The Hall–Kier alpha value is -1.40. The second-order valence-corrected chi connectivity index (χ2v) is 6.07. The topological polar surface area (TPSA) is 70.2 Å². The van der Waals surface area contributed by atoms with Crippen molar-refractivity contribution in [2.45, 2.75) is 44.8 Å². The molecule has 0 radical (unpaired) electrons. The predicted molar refractivity (Wildman–Crippen MR) is 78.7 cm³/mol. The van der Waals surface area contributed by atoms with E-state index in [0.29, 0.717) is 38.1 Å². The van der Waals surface area contributed by atoms with Crippen molar-refractivity contribution >= 4 is 5.91 Å². The SMILES string of the molecule is COCCN(C(=O)C1Cc2nc[nH]c2CN1)C(C)C1CC1. The fraction of sp³-hybridized carbons (Fsp3) is 0.733. The molecule has 1 saturated carbocycles. The fourth-order valence-corrected chi connectivity index (χ4v) is 3.08. The zero-order chi connectivity index (χ0) is 14.8. The molecule has 0 bridgehead atoms. The van der Waals surface area contributed by atoms with E-state index in [1.807, 2.05) is 4.90 Å². The van der Waals surface area contributed by atoms with Crippen LogP contribution in [0.5, 0.6) is 0 Å². The Morgan fingerprint density at radius 3 is 3.10 bits per heavy atom. The lowest BCUT2D eigenvalue weighted by Gasteiger charge is -2.34. The van der Waals surface area contributed by atoms with Gasteiger partial charge in [-0.2, -0.15) is 0 Å². The van der Waals surface area contributed by atoms with Gasteiger partial charge in [-0.25, -0.2) is 4.98 Å². The van der Waals surface area contributed by atoms with E-state index in [4.69, 9.17) is 4.74 Å². The number of rotatable bonds is 6. The molecule has 2 aliphatic rings. The largest absolute Gasteiger partial charge is 0.383 e. The molecule has 1 aromatic rings. The highest BCUT2D eigenvalue weighted by Crippen LogP contribution is 2.35. The number of ether oxygens (including phenoxy) is 1. The number of nitrogens with zero attached hydrogens (tertiary/aromatic N) is 2. The Morgan fingerprint density at radius 2 is 2.38 bits per heavy atom. The lowest BCUT2D eigenvalue weighted by atomic mass is 10.0. The van der Waals surface area contributed by atoms with E-state index in [1.54, 1.807) is 13.4 Å². The molecule has 1 aromatic heterocycles. The summed E-state index contributed by atoms with van der Waals surface area (Å²) in [6, 6.07) is 0.133. The molecule has 1 fully saturated rings. The molecular formula is C15H24N4O2. The van der Waals surface area contributed by atoms with Gasteiger partial charge in [0.05, 0.1) is 30.4 Å². The maximum absolute atomic E-state index is 12.9. The van der Waals surface area contributed by atoms with Crippen molar-refractivity contribution in [1.29, 1.82) is 0 Å². The van der Waals surface area contributed by atoms with Gasteiger partial charge in [-0.3, -0.25) is 10.1 Å². The van der Waals surface area contributed by atoms with E-state index in [0.717, 1.165) is 11.4 Å². The quantitative estimate of drug-likeness (QED) is 0.809. The first-order chi connectivity index (χ1) is 10.2. The number of methoxy groups -OCH3 is 1. The lowest BCUT2D eigenvalue weighted by Crippen LogP contribution is -2.53. The number of fused-ring (bicyclic) bond motifs is 1. The number of amides is 1. The van der Waals surface area contributed by atoms with Crippen LogP contribution in [0.15, 0.2) is 6.33 Å². The number of nitrogens with one attached hydrogen (secondary N) is 2. The Morgan fingerprint density at radius 1 is 1.57 bits per heavy atom. The molecule has 1 aliphatic heterocycles. The average molecular weight is 292 g/mol. The number of hydrogen-bond donors (Lipinski definition) is 2. The van der Waals surface area contributed by atoms with E-state index >= 15 is 0 Å². The van der Waals surface area contributed by atoms with Gasteiger partial charge in [0.1, 0.15) is 0 Å². The molecule has 1 amide bonds. The van der Waals surface area contributed by atoms with E-state index in [1.165, 1.54) is 12.8 Å². The number of aromatic nitrogens is 2. The summed E-state index contributed by atoms with van der Waals surface area (Å²) in [7, 11) is 1.68. The molecule has 6 heteroatoms. The summed E-state index contributed by atoms with van der Waals surface area (Å²) >= 11 is 0. The molecule has 2 N–H and O–H groups in total. The normalized spacial score (nSPS) is 22.7. The minimum atomic E-state index is -0.168. The van der Waals surface area contributed by atoms with Gasteiger partial charge in [-0.15, -0.1) is 0 Å². The van der Waals surface area contributed by atoms with Crippen LogP contribution in [-0.4, -0.2) is 53.1 Å². The number of imidazole rings is 1. The standard InChI is InChI=1S/C15H24N4O2/c1-10(11-3-4-11)19(5-6-21-2)15(20)13-7-12-14(8-16-13)18-9-17-12/h9-11,13,16H,3-8H2,1-2H3,(H,17,18). The van der Waals surface area contributed by atoms with Crippen molar-refractivity contribution in [3.8, 4) is 0 Å². The minimum Gasteiger partial charge on any atom is -0.383 e. The highest BCUT2D eigenvalue weighted by molar-refractivity contribution is 5.82. The minimum absolute atomic E-state index is 0.168. The second-order valence-electron chi connectivity index (χ2n) is 6.07. The summed E-state index contributed by atoms with van der Waals surface area (Å²) in [5.74, 6) is 0.843. The van der Waals surface area contributed by atoms with E-state index in [2.05, 4.69) is 22.2 Å². The predicted octanol–water partition coefficient (Wildman–Crippen LogP) is 0.698. The first-order valence-corrected chi connectivity index (χ1v) is 7.74. The summed E-state index contributed by atoms with van der Waals surface area (Å²) in [5.41, 5.74) is 2.11. The Bertz CT molecular complexity index is 498. The zero-order valence-electron chi connectivity index (χ0n) is 12.8. The molecule has 2 heterocycles. The van der Waals surface area contributed by atoms with Gasteiger partial charge in [0.2, 0.25) is 5.91 Å². The average Bonchev–Trinajstić information content (AvgIpc) is 3.24. The van der Waals surface area contributed by atoms with Crippen molar-refractivity contribution in [3.63, 3.8) is 0 Å². The Labute approximate surface area is 125 Å². The monoisotopic (exact) mass is 292 g/mol. The van der Waals surface area contributed by atoms with Crippen LogP contribution in [0.25, 0.3) is 0 Å². The van der Waals surface area contributed by atoms with Crippen molar-refractivity contribution in [2.24, 2.45) is 5.92 Å². The molecule has 3 rings (SSSR count). The van der Waals surface area contributed by atoms with Gasteiger partial charge < -0.3 is 14.6 Å². The lowest BCUT2D eigenvalue weighted by molar-refractivity contribution is -0.137. The number of aromatic amines is 1. The van der Waals surface area contributed by atoms with Crippen LogP contribution in [0, 0.1) is 5.92 Å². The third-order valence-corrected chi connectivity index (χ3v) is 4.64. The fourth-order valence-electron chi connectivity index (χ4n) is 3.08. The van der Waals surface area contributed by atoms with E-state index in [9.17, 15) is 4.79 Å². The third-order valence-electron chi connectivity index (χ3n) is 4.64. The van der Waals surface area contributed by atoms with Gasteiger partial charge in [-0.05, 0) is 25.7 Å². The second kappa shape index (κ2) is 6.15. The maximum Gasteiger partial charge on any atom is 0.240 e. The van der Waals surface area contributed by atoms with E-state index < -0.39 is 0 Å². The molecule has 21 heavy (non-hydrogen) atoms.